The minimum absolute atomic E-state index is 0.789. The fraction of sp³-hybridized carbons (Fsp3) is 0.545. The van der Waals surface area contributed by atoms with Gasteiger partial charge in [0, 0.05) is 5.56 Å². The van der Waals surface area contributed by atoms with Gasteiger partial charge in [0.25, 0.3) is 0 Å². The summed E-state index contributed by atoms with van der Waals surface area (Å²) >= 11 is 0. The normalized spacial score (nSPS) is 31.9. The average molecular weight is 308 g/mol. The first kappa shape index (κ1) is 15.1. The van der Waals surface area contributed by atoms with E-state index < -0.39 is 0 Å². The van der Waals surface area contributed by atoms with Gasteiger partial charge in [-0.25, -0.2) is 0 Å². The molecular weight excluding hydrogens is 280 g/mol. The van der Waals surface area contributed by atoms with Crippen molar-refractivity contribution in [2.45, 2.75) is 46.0 Å². The van der Waals surface area contributed by atoms with Crippen LogP contribution in [0.3, 0.4) is 0 Å². The lowest BCUT2D eigenvalue weighted by atomic mass is 9.54. The third-order valence-electron chi connectivity index (χ3n) is 6.36. The Balaban J connectivity index is 1.75. The molecule has 0 saturated heterocycles. The summed E-state index contributed by atoms with van der Waals surface area (Å²) in [6, 6.07) is 6.80. The van der Waals surface area contributed by atoms with Crippen LogP contribution in [0, 0.1) is 30.6 Å². The molecule has 1 heteroatoms. The van der Waals surface area contributed by atoms with Crippen molar-refractivity contribution in [3.05, 3.63) is 46.5 Å². The number of methoxy groups -OCH3 is 1. The second kappa shape index (κ2) is 5.85. The number of ether oxygens (including phenoxy) is 1. The first-order valence-corrected chi connectivity index (χ1v) is 9.21. The lowest BCUT2D eigenvalue weighted by molar-refractivity contribution is 0.0675. The molecule has 0 radical (unpaired) electrons. The van der Waals surface area contributed by atoms with E-state index in [1.807, 2.05) is 7.11 Å². The Hall–Kier alpha value is -1.50. The van der Waals surface area contributed by atoms with E-state index in [-0.39, 0.29) is 0 Å². The van der Waals surface area contributed by atoms with Crippen LogP contribution >= 0.6 is 0 Å². The molecule has 0 aliphatic heterocycles. The van der Waals surface area contributed by atoms with Crippen LogP contribution in [0.1, 0.15) is 55.7 Å². The lowest BCUT2D eigenvalue weighted by Gasteiger charge is -2.51. The third-order valence-corrected chi connectivity index (χ3v) is 6.36. The molecule has 4 aliphatic carbocycles. The monoisotopic (exact) mass is 308 g/mol. The van der Waals surface area contributed by atoms with Crippen molar-refractivity contribution in [2.75, 3.05) is 7.11 Å². The SMILES string of the molecule is C/C=C/c1ccc(C(OC)=C2C3CC4CC(C3)CC2C4)cc1C. The lowest BCUT2D eigenvalue weighted by Crippen LogP contribution is -2.40. The molecule has 0 unspecified atom stereocenters. The van der Waals surface area contributed by atoms with Gasteiger partial charge in [-0.3, -0.25) is 0 Å². The number of hydrogen-bond acceptors (Lipinski definition) is 1. The maximum absolute atomic E-state index is 5.98. The first-order valence-electron chi connectivity index (χ1n) is 9.21. The van der Waals surface area contributed by atoms with Crippen LogP contribution in [0.15, 0.2) is 29.8 Å². The quantitative estimate of drug-likeness (QED) is 0.637. The molecular formula is C22H28O. The molecule has 5 rings (SSSR count). The van der Waals surface area contributed by atoms with Gasteiger partial charge in [-0.1, -0.05) is 24.3 Å². The number of benzene rings is 1. The highest BCUT2D eigenvalue weighted by Crippen LogP contribution is 2.57. The molecule has 4 fully saturated rings. The van der Waals surface area contributed by atoms with Gasteiger partial charge in [-0.15, -0.1) is 0 Å². The van der Waals surface area contributed by atoms with Crippen LogP contribution in [0.25, 0.3) is 11.8 Å². The zero-order valence-corrected chi connectivity index (χ0v) is 14.6. The molecule has 0 N–H and O–H groups in total. The Labute approximate surface area is 140 Å². The molecule has 0 heterocycles. The highest BCUT2D eigenvalue weighted by Gasteiger charge is 2.46. The Bertz CT molecular complexity index is 635. The van der Waals surface area contributed by atoms with Crippen LogP contribution in [-0.2, 0) is 4.74 Å². The van der Waals surface area contributed by atoms with Crippen LogP contribution < -0.4 is 0 Å². The summed E-state index contributed by atoms with van der Waals surface area (Å²) in [5.41, 5.74) is 5.57. The first-order chi connectivity index (χ1) is 11.2. The maximum Gasteiger partial charge on any atom is 0.125 e. The van der Waals surface area contributed by atoms with Crippen molar-refractivity contribution in [3.63, 3.8) is 0 Å². The minimum Gasteiger partial charge on any atom is -0.496 e. The Morgan fingerprint density at radius 1 is 1.04 bits per heavy atom. The molecule has 4 saturated carbocycles. The largest absolute Gasteiger partial charge is 0.496 e. The average Bonchev–Trinajstić information content (AvgIpc) is 2.52. The molecule has 0 aromatic heterocycles. The van der Waals surface area contributed by atoms with E-state index in [0.29, 0.717) is 0 Å². The maximum atomic E-state index is 5.98. The summed E-state index contributed by atoms with van der Waals surface area (Å²) < 4.78 is 5.98. The predicted molar refractivity (Wildman–Crippen MR) is 96.9 cm³/mol. The molecule has 1 nitrogen and oxygen atoms in total. The van der Waals surface area contributed by atoms with Crippen molar-refractivity contribution in [1.29, 1.82) is 0 Å². The van der Waals surface area contributed by atoms with Gasteiger partial charge in [0.2, 0.25) is 0 Å². The Morgan fingerprint density at radius 2 is 1.70 bits per heavy atom. The summed E-state index contributed by atoms with van der Waals surface area (Å²) in [5, 5.41) is 0. The molecule has 1 aromatic rings. The Morgan fingerprint density at radius 3 is 2.22 bits per heavy atom. The third kappa shape index (κ3) is 2.55. The molecule has 0 amide bonds. The molecule has 122 valence electrons. The second-order valence-electron chi connectivity index (χ2n) is 7.86. The Kier molecular flexibility index (Phi) is 3.83. The van der Waals surface area contributed by atoms with E-state index in [2.05, 4.69) is 44.2 Å². The molecule has 4 bridgehead atoms. The van der Waals surface area contributed by atoms with E-state index in [1.165, 1.54) is 54.6 Å². The van der Waals surface area contributed by atoms with E-state index in [1.54, 1.807) is 5.57 Å². The van der Waals surface area contributed by atoms with Gasteiger partial charge in [-0.2, -0.15) is 0 Å². The fourth-order valence-corrected chi connectivity index (χ4v) is 5.65. The van der Waals surface area contributed by atoms with E-state index in [9.17, 15) is 0 Å². The molecule has 0 atom stereocenters. The van der Waals surface area contributed by atoms with Gasteiger partial charge in [-0.05, 0) is 92.4 Å². The summed E-state index contributed by atoms with van der Waals surface area (Å²) in [4.78, 5) is 0. The number of hydrogen-bond donors (Lipinski definition) is 0. The highest BCUT2D eigenvalue weighted by atomic mass is 16.5. The number of rotatable bonds is 3. The van der Waals surface area contributed by atoms with Crippen LogP contribution in [0.5, 0.6) is 0 Å². The highest BCUT2D eigenvalue weighted by molar-refractivity contribution is 5.68. The van der Waals surface area contributed by atoms with Gasteiger partial charge < -0.3 is 4.74 Å². The molecule has 1 aromatic carbocycles. The summed E-state index contributed by atoms with van der Waals surface area (Å²) in [5.74, 6) is 4.76. The summed E-state index contributed by atoms with van der Waals surface area (Å²) in [6.45, 7) is 4.28. The van der Waals surface area contributed by atoms with Crippen molar-refractivity contribution in [1.82, 2.24) is 0 Å². The number of aryl methyl sites for hydroxylation is 1. The molecule has 4 aliphatic rings. The zero-order chi connectivity index (χ0) is 16.0. The van der Waals surface area contributed by atoms with E-state index in [4.69, 9.17) is 4.74 Å². The second-order valence-corrected chi connectivity index (χ2v) is 7.86. The predicted octanol–water partition coefficient (Wildman–Crippen LogP) is 5.84. The van der Waals surface area contributed by atoms with Crippen molar-refractivity contribution >= 4 is 11.8 Å². The van der Waals surface area contributed by atoms with Crippen molar-refractivity contribution < 1.29 is 4.74 Å². The molecule has 23 heavy (non-hydrogen) atoms. The van der Waals surface area contributed by atoms with Crippen molar-refractivity contribution in [2.24, 2.45) is 23.7 Å². The topological polar surface area (TPSA) is 9.23 Å². The van der Waals surface area contributed by atoms with Gasteiger partial charge >= 0.3 is 0 Å². The van der Waals surface area contributed by atoms with Crippen LogP contribution in [-0.4, -0.2) is 7.11 Å². The van der Waals surface area contributed by atoms with Crippen LogP contribution in [0.2, 0.25) is 0 Å². The van der Waals surface area contributed by atoms with Gasteiger partial charge in [0.05, 0.1) is 7.11 Å². The zero-order valence-electron chi connectivity index (χ0n) is 14.6. The van der Waals surface area contributed by atoms with E-state index in [0.717, 1.165) is 23.7 Å². The fourth-order valence-electron chi connectivity index (χ4n) is 5.65. The smallest absolute Gasteiger partial charge is 0.125 e. The summed E-state index contributed by atoms with van der Waals surface area (Å²) in [7, 11) is 1.86. The van der Waals surface area contributed by atoms with Crippen molar-refractivity contribution in [3.8, 4) is 0 Å². The number of allylic oxidation sites excluding steroid dienone is 2. The molecule has 0 spiro atoms. The summed E-state index contributed by atoms with van der Waals surface area (Å²) in [6.07, 6.45) is 11.4. The standard InChI is InChI=1S/C22H28O/c1-4-5-17-6-7-18(8-14(17)2)22(23-3)21-19-10-15-9-16(12-19)13-20(21)11-15/h4-8,15-16,19-20H,9-13H2,1-3H3/b5-4+,22-21?. The van der Waals surface area contributed by atoms with Gasteiger partial charge in [0.1, 0.15) is 5.76 Å². The minimum atomic E-state index is 0.789. The van der Waals surface area contributed by atoms with Crippen LogP contribution in [0.4, 0.5) is 0 Å². The van der Waals surface area contributed by atoms with E-state index >= 15 is 0 Å². The van der Waals surface area contributed by atoms with Gasteiger partial charge in [0.15, 0.2) is 0 Å².